The van der Waals surface area contributed by atoms with E-state index in [2.05, 4.69) is 28.2 Å². The van der Waals surface area contributed by atoms with Gasteiger partial charge in [-0.3, -0.25) is 0 Å². The molecule has 0 saturated carbocycles. The van der Waals surface area contributed by atoms with Crippen molar-refractivity contribution in [2.75, 3.05) is 13.1 Å². The van der Waals surface area contributed by atoms with Crippen molar-refractivity contribution >= 4 is 15.9 Å². The minimum atomic E-state index is -0.817. The van der Waals surface area contributed by atoms with Gasteiger partial charge in [-0.05, 0) is 41.4 Å². The van der Waals surface area contributed by atoms with Crippen LogP contribution in [-0.4, -0.2) is 18.2 Å². The SMILES string of the molecule is CCC1CNCCC1(O)c1occc1Br. The quantitative estimate of drug-likeness (QED) is 0.869. The smallest absolute Gasteiger partial charge is 0.149 e. The highest BCUT2D eigenvalue weighted by Crippen LogP contribution is 2.40. The predicted octanol–water partition coefficient (Wildman–Crippen LogP) is 2.25. The van der Waals surface area contributed by atoms with E-state index < -0.39 is 5.60 Å². The molecule has 2 unspecified atom stereocenters. The van der Waals surface area contributed by atoms with Crippen molar-refractivity contribution in [3.8, 4) is 0 Å². The highest BCUT2D eigenvalue weighted by molar-refractivity contribution is 9.10. The molecule has 1 fully saturated rings. The summed E-state index contributed by atoms with van der Waals surface area (Å²) in [6.07, 6.45) is 3.26. The van der Waals surface area contributed by atoms with Gasteiger partial charge < -0.3 is 14.8 Å². The second-order valence-electron chi connectivity index (χ2n) is 4.08. The normalized spacial score (nSPS) is 31.8. The Morgan fingerprint density at radius 3 is 3.13 bits per heavy atom. The lowest BCUT2D eigenvalue weighted by molar-refractivity contribution is -0.0651. The second kappa shape index (κ2) is 4.28. The monoisotopic (exact) mass is 273 g/mol. The summed E-state index contributed by atoms with van der Waals surface area (Å²) < 4.78 is 6.28. The molecule has 0 radical (unpaired) electrons. The molecule has 1 aromatic rings. The van der Waals surface area contributed by atoms with Crippen molar-refractivity contribution in [1.29, 1.82) is 0 Å². The Bertz CT molecular complexity index is 339. The van der Waals surface area contributed by atoms with Gasteiger partial charge in [0, 0.05) is 12.5 Å². The maximum Gasteiger partial charge on any atom is 0.149 e. The van der Waals surface area contributed by atoms with Gasteiger partial charge in [0.05, 0.1) is 10.7 Å². The molecule has 1 aliphatic rings. The number of hydrogen-bond acceptors (Lipinski definition) is 3. The van der Waals surface area contributed by atoms with Crippen LogP contribution in [0, 0.1) is 5.92 Å². The predicted molar refractivity (Wildman–Crippen MR) is 61.6 cm³/mol. The summed E-state index contributed by atoms with van der Waals surface area (Å²) in [5.74, 6) is 0.893. The Kier molecular flexibility index (Phi) is 3.19. The van der Waals surface area contributed by atoms with Crippen molar-refractivity contribution in [3.63, 3.8) is 0 Å². The maximum atomic E-state index is 10.7. The van der Waals surface area contributed by atoms with Crippen LogP contribution in [0.1, 0.15) is 25.5 Å². The molecule has 0 spiro atoms. The van der Waals surface area contributed by atoms with Crippen molar-refractivity contribution in [3.05, 3.63) is 22.6 Å². The van der Waals surface area contributed by atoms with Crippen LogP contribution in [0.4, 0.5) is 0 Å². The standard InChI is InChI=1S/C11H16BrNO2/c1-2-8-7-13-5-4-11(8,14)10-9(12)3-6-15-10/h3,6,8,13-14H,2,4-5,7H2,1H3. The van der Waals surface area contributed by atoms with E-state index in [1.54, 1.807) is 6.26 Å². The van der Waals surface area contributed by atoms with Crippen LogP contribution in [0.3, 0.4) is 0 Å². The maximum absolute atomic E-state index is 10.7. The Morgan fingerprint density at radius 2 is 2.53 bits per heavy atom. The van der Waals surface area contributed by atoms with E-state index in [4.69, 9.17) is 4.42 Å². The Labute approximate surface area is 98.0 Å². The molecule has 2 atom stereocenters. The first kappa shape index (κ1) is 11.2. The lowest BCUT2D eigenvalue weighted by Gasteiger charge is -2.38. The first-order chi connectivity index (χ1) is 7.18. The molecule has 4 heteroatoms. The van der Waals surface area contributed by atoms with Gasteiger partial charge in [-0.25, -0.2) is 0 Å². The summed E-state index contributed by atoms with van der Waals surface area (Å²) in [5.41, 5.74) is -0.817. The second-order valence-corrected chi connectivity index (χ2v) is 4.94. The Morgan fingerprint density at radius 1 is 1.73 bits per heavy atom. The largest absolute Gasteiger partial charge is 0.465 e. The Hall–Kier alpha value is -0.320. The van der Waals surface area contributed by atoms with E-state index in [1.807, 2.05) is 6.07 Å². The molecule has 2 rings (SSSR count). The third-order valence-electron chi connectivity index (χ3n) is 3.25. The fourth-order valence-corrected chi connectivity index (χ4v) is 2.86. The summed E-state index contributed by atoms with van der Waals surface area (Å²) in [7, 11) is 0. The van der Waals surface area contributed by atoms with E-state index in [1.165, 1.54) is 0 Å². The minimum absolute atomic E-state index is 0.216. The number of halogens is 1. The number of piperidine rings is 1. The molecule has 1 aromatic heterocycles. The van der Waals surface area contributed by atoms with Crippen LogP contribution in [-0.2, 0) is 5.60 Å². The summed E-state index contributed by atoms with van der Waals surface area (Å²) >= 11 is 3.42. The average molecular weight is 274 g/mol. The van der Waals surface area contributed by atoms with E-state index >= 15 is 0 Å². The van der Waals surface area contributed by atoms with Crippen LogP contribution in [0.15, 0.2) is 21.2 Å². The van der Waals surface area contributed by atoms with Crippen LogP contribution < -0.4 is 5.32 Å². The molecule has 0 bridgehead atoms. The lowest BCUT2D eigenvalue weighted by Crippen LogP contribution is -2.47. The van der Waals surface area contributed by atoms with Crippen LogP contribution >= 0.6 is 15.9 Å². The zero-order chi connectivity index (χ0) is 10.9. The van der Waals surface area contributed by atoms with Crippen LogP contribution in [0.25, 0.3) is 0 Å². The summed E-state index contributed by atoms with van der Waals surface area (Å²) in [5, 5.41) is 14.0. The van der Waals surface area contributed by atoms with Crippen molar-refractivity contribution in [1.82, 2.24) is 5.32 Å². The molecule has 0 amide bonds. The molecular formula is C11H16BrNO2. The summed E-state index contributed by atoms with van der Waals surface area (Å²) in [6, 6.07) is 1.84. The van der Waals surface area contributed by atoms with Gasteiger partial charge in [0.15, 0.2) is 0 Å². The molecular weight excluding hydrogens is 258 g/mol. The molecule has 2 heterocycles. The van der Waals surface area contributed by atoms with Crippen molar-refractivity contribution in [2.45, 2.75) is 25.4 Å². The third kappa shape index (κ3) is 1.86. The molecule has 0 aromatic carbocycles. The molecule has 15 heavy (non-hydrogen) atoms. The van der Waals surface area contributed by atoms with Gasteiger partial charge >= 0.3 is 0 Å². The average Bonchev–Trinajstić information content (AvgIpc) is 2.66. The molecule has 2 N–H and O–H groups in total. The van der Waals surface area contributed by atoms with Gasteiger partial charge in [0.25, 0.3) is 0 Å². The fourth-order valence-electron chi connectivity index (χ4n) is 2.31. The summed E-state index contributed by atoms with van der Waals surface area (Å²) in [4.78, 5) is 0. The van der Waals surface area contributed by atoms with E-state index in [0.717, 1.165) is 24.0 Å². The van der Waals surface area contributed by atoms with E-state index in [-0.39, 0.29) is 5.92 Å². The highest BCUT2D eigenvalue weighted by Gasteiger charge is 2.43. The first-order valence-electron chi connectivity index (χ1n) is 5.35. The highest BCUT2D eigenvalue weighted by atomic mass is 79.9. The topological polar surface area (TPSA) is 45.4 Å². The zero-order valence-electron chi connectivity index (χ0n) is 8.79. The number of hydrogen-bond donors (Lipinski definition) is 2. The first-order valence-corrected chi connectivity index (χ1v) is 6.14. The number of nitrogens with one attached hydrogen (secondary N) is 1. The Balaban J connectivity index is 2.34. The molecule has 3 nitrogen and oxygen atoms in total. The van der Waals surface area contributed by atoms with Gasteiger partial charge in [-0.2, -0.15) is 0 Å². The third-order valence-corrected chi connectivity index (χ3v) is 3.88. The lowest BCUT2D eigenvalue weighted by atomic mass is 9.78. The van der Waals surface area contributed by atoms with Gasteiger partial charge in [0.1, 0.15) is 11.4 Å². The van der Waals surface area contributed by atoms with Crippen molar-refractivity contribution in [2.24, 2.45) is 5.92 Å². The van der Waals surface area contributed by atoms with Gasteiger partial charge in [-0.1, -0.05) is 6.92 Å². The molecule has 1 saturated heterocycles. The fraction of sp³-hybridized carbons (Fsp3) is 0.636. The molecule has 84 valence electrons. The molecule has 1 aliphatic heterocycles. The van der Waals surface area contributed by atoms with Crippen LogP contribution in [0.2, 0.25) is 0 Å². The van der Waals surface area contributed by atoms with Gasteiger partial charge in [0.2, 0.25) is 0 Å². The minimum Gasteiger partial charge on any atom is -0.465 e. The zero-order valence-corrected chi connectivity index (χ0v) is 10.4. The summed E-state index contributed by atoms with van der Waals surface area (Å²) in [6.45, 7) is 3.78. The van der Waals surface area contributed by atoms with E-state index in [9.17, 15) is 5.11 Å². The number of aliphatic hydroxyl groups is 1. The van der Waals surface area contributed by atoms with Crippen LogP contribution in [0.5, 0.6) is 0 Å². The van der Waals surface area contributed by atoms with E-state index in [0.29, 0.717) is 12.2 Å². The molecule has 0 aliphatic carbocycles. The number of furan rings is 1. The van der Waals surface area contributed by atoms with Gasteiger partial charge in [-0.15, -0.1) is 0 Å². The number of rotatable bonds is 2. The van der Waals surface area contributed by atoms with Crippen molar-refractivity contribution < 1.29 is 9.52 Å².